The zero-order valence-corrected chi connectivity index (χ0v) is 20.4. The van der Waals surface area contributed by atoms with Gasteiger partial charge < -0.3 is 19.1 Å². The lowest BCUT2D eigenvalue weighted by Gasteiger charge is -2.25. The molecule has 1 saturated heterocycles. The summed E-state index contributed by atoms with van der Waals surface area (Å²) in [7, 11) is 1.58. The van der Waals surface area contributed by atoms with E-state index in [0.717, 1.165) is 11.1 Å². The highest BCUT2D eigenvalue weighted by molar-refractivity contribution is 6.46. The Labute approximate surface area is 209 Å². The van der Waals surface area contributed by atoms with Crippen LogP contribution in [0.5, 0.6) is 5.75 Å². The van der Waals surface area contributed by atoms with Gasteiger partial charge in [0.15, 0.2) is 5.76 Å². The fraction of sp³-hybridized carbons (Fsp3) is 0.207. The highest BCUT2D eigenvalue weighted by Gasteiger charge is 2.46. The van der Waals surface area contributed by atoms with Crippen molar-refractivity contribution in [3.8, 4) is 5.75 Å². The number of rotatable bonds is 6. The van der Waals surface area contributed by atoms with Crippen molar-refractivity contribution < 1.29 is 19.4 Å². The Bertz CT molecular complexity index is 1490. The minimum atomic E-state index is -0.745. The van der Waals surface area contributed by atoms with Crippen LogP contribution in [0, 0.1) is 13.8 Å². The number of carbonyl (C=O) groups excluding carboxylic acids is 2. The standard InChI is InChI=1S/C29H27N3O4/c1-18-8-7-16-31-19(2)24(30-28(18)31)26(33)23-25(21-11-13-22(36-3)14-12-21)32(29(35)27(23)34)17-15-20-9-5-4-6-10-20/h4-14,16,25,33H,15,17H2,1-3H3/b26-23+. The summed E-state index contributed by atoms with van der Waals surface area (Å²) in [5, 5.41) is 11.5. The average Bonchev–Trinajstić information content (AvgIpc) is 3.37. The molecule has 1 aliphatic heterocycles. The molecule has 0 saturated carbocycles. The Kier molecular flexibility index (Phi) is 6.06. The van der Waals surface area contributed by atoms with Crippen LogP contribution in [0.2, 0.25) is 0 Å². The molecule has 1 aliphatic rings. The van der Waals surface area contributed by atoms with Crippen LogP contribution < -0.4 is 4.74 Å². The van der Waals surface area contributed by atoms with Crippen LogP contribution in [-0.2, 0) is 16.0 Å². The summed E-state index contributed by atoms with van der Waals surface area (Å²) in [5.74, 6) is -0.955. The zero-order chi connectivity index (χ0) is 25.4. The molecule has 2 aromatic carbocycles. The summed E-state index contributed by atoms with van der Waals surface area (Å²) in [5.41, 5.74) is 4.42. The Morgan fingerprint density at radius 2 is 1.72 bits per heavy atom. The molecule has 1 fully saturated rings. The molecule has 7 heteroatoms. The van der Waals surface area contributed by atoms with Crippen LogP contribution in [0.15, 0.2) is 78.5 Å². The van der Waals surface area contributed by atoms with Crippen molar-refractivity contribution in [2.24, 2.45) is 0 Å². The van der Waals surface area contributed by atoms with Crippen LogP contribution in [0.1, 0.15) is 34.1 Å². The first-order valence-electron chi connectivity index (χ1n) is 11.8. The monoisotopic (exact) mass is 481 g/mol. The first kappa shape index (κ1) is 23.4. The summed E-state index contributed by atoms with van der Waals surface area (Å²) in [6.07, 6.45) is 2.44. The SMILES string of the molecule is COc1ccc(C2/C(=C(\O)c3nc4c(C)cccn4c3C)C(=O)C(=O)N2CCc2ccccc2)cc1. The molecule has 1 amide bonds. The maximum Gasteiger partial charge on any atom is 0.295 e. The Hall–Kier alpha value is -4.39. The van der Waals surface area contributed by atoms with Crippen molar-refractivity contribution in [3.63, 3.8) is 0 Å². The van der Waals surface area contributed by atoms with E-state index in [1.807, 2.05) is 79.0 Å². The Morgan fingerprint density at radius 1 is 1.00 bits per heavy atom. The van der Waals surface area contributed by atoms with Crippen LogP contribution in [0.3, 0.4) is 0 Å². The summed E-state index contributed by atoms with van der Waals surface area (Å²) >= 11 is 0. The maximum atomic E-state index is 13.4. The fourth-order valence-electron chi connectivity index (χ4n) is 4.81. The van der Waals surface area contributed by atoms with E-state index in [2.05, 4.69) is 4.98 Å². The third kappa shape index (κ3) is 3.92. The lowest BCUT2D eigenvalue weighted by molar-refractivity contribution is -0.139. The summed E-state index contributed by atoms with van der Waals surface area (Å²) < 4.78 is 7.16. The number of hydrogen-bond acceptors (Lipinski definition) is 5. The highest BCUT2D eigenvalue weighted by atomic mass is 16.5. The molecule has 1 unspecified atom stereocenters. The molecule has 36 heavy (non-hydrogen) atoms. The summed E-state index contributed by atoms with van der Waals surface area (Å²) in [4.78, 5) is 32.8. The Balaban J connectivity index is 1.64. The van der Waals surface area contributed by atoms with Crippen molar-refractivity contribution in [1.29, 1.82) is 0 Å². The normalized spacial score (nSPS) is 17.2. The molecule has 0 aliphatic carbocycles. The van der Waals surface area contributed by atoms with Gasteiger partial charge >= 0.3 is 0 Å². The molecule has 5 rings (SSSR count). The van der Waals surface area contributed by atoms with Gasteiger partial charge in [-0.3, -0.25) is 9.59 Å². The number of nitrogens with zero attached hydrogens (tertiary/aromatic N) is 3. The van der Waals surface area contributed by atoms with Crippen molar-refractivity contribution >= 4 is 23.1 Å². The third-order valence-corrected chi connectivity index (χ3v) is 6.76. The number of hydrogen-bond donors (Lipinski definition) is 1. The first-order chi connectivity index (χ1) is 17.4. The topological polar surface area (TPSA) is 84.1 Å². The van der Waals surface area contributed by atoms with Gasteiger partial charge in [-0.05, 0) is 55.2 Å². The third-order valence-electron chi connectivity index (χ3n) is 6.76. The van der Waals surface area contributed by atoms with Gasteiger partial charge in [-0.2, -0.15) is 0 Å². The van der Waals surface area contributed by atoms with Gasteiger partial charge in [-0.25, -0.2) is 4.98 Å². The van der Waals surface area contributed by atoms with Crippen LogP contribution in [-0.4, -0.2) is 44.7 Å². The number of aryl methyl sites for hydroxylation is 2. The number of ether oxygens (including phenoxy) is 1. The molecule has 7 nitrogen and oxygen atoms in total. The number of pyridine rings is 1. The molecule has 1 atom stereocenters. The van der Waals surface area contributed by atoms with E-state index in [1.165, 1.54) is 0 Å². The number of aliphatic hydroxyl groups excluding tert-OH is 1. The number of ketones is 1. The van der Waals surface area contributed by atoms with Crippen LogP contribution in [0.4, 0.5) is 0 Å². The second-order valence-electron chi connectivity index (χ2n) is 8.93. The van der Waals surface area contributed by atoms with Crippen molar-refractivity contribution in [2.45, 2.75) is 26.3 Å². The van der Waals surface area contributed by atoms with Gasteiger partial charge in [0, 0.05) is 12.7 Å². The van der Waals surface area contributed by atoms with Crippen molar-refractivity contribution in [1.82, 2.24) is 14.3 Å². The minimum absolute atomic E-state index is 0.0439. The van der Waals surface area contributed by atoms with E-state index in [0.29, 0.717) is 41.3 Å². The van der Waals surface area contributed by atoms with Gasteiger partial charge in [0.2, 0.25) is 0 Å². The number of methoxy groups -OCH3 is 1. The number of benzene rings is 2. The van der Waals surface area contributed by atoms with Crippen molar-refractivity contribution in [2.75, 3.05) is 13.7 Å². The van der Waals surface area contributed by atoms with E-state index in [4.69, 9.17) is 4.74 Å². The van der Waals surface area contributed by atoms with Crippen molar-refractivity contribution in [3.05, 3.63) is 107 Å². The summed E-state index contributed by atoms with van der Waals surface area (Å²) in [6.45, 7) is 4.10. The molecule has 0 bridgehead atoms. The number of amides is 1. The number of likely N-dealkylation sites (tertiary alicyclic amines) is 1. The molecular formula is C29H27N3O4. The van der Waals surface area contributed by atoms with E-state index >= 15 is 0 Å². The molecule has 3 heterocycles. The number of aromatic nitrogens is 2. The number of Topliss-reactive ketones (excluding diaryl/α,β-unsaturated/α-hetero) is 1. The molecule has 2 aromatic heterocycles. The van der Waals surface area contributed by atoms with E-state index in [-0.39, 0.29) is 11.3 Å². The lowest BCUT2D eigenvalue weighted by atomic mass is 9.96. The quantitative estimate of drug-likeness (QED) is 0.247. The number of fused-ring (bicyclic) bond motifs is 1. The van der Waals surface area contributed by atoms with E-state index in [1.54, 1.807) is 24.1 Å². The van der Waals surface area contributed by atoms with Gasteiger partial charge in [0.1, 0.15) is 17.1 Å². The molecule has 4 aromatic rings. The van der Waals surface area contributed by atoms with Gasteiger partial charge in [0.05, 0.1) is 24.4 Å². The highest BCUT2D eigenvalue weighted by Crippen LogP contribution is 2.40. The zero-order valence-electron chi connectivity index (χ0n) is 20.4. The van der Waals surface area contributed by atoms with Crippen LogP contribution in [0.25, 0.3) is 11.4 Å². The van der Waals surface area contributed by atoms with E-state index in [9.17, 15) is 14.7 Å². The van der Waals surface area contributed by atoms with Crippen LogP contribution >= 0.6 is 0 Å². The average molecular weight is 482 g/mol. The number of aliphatic hydroxyl groups is 1. The minimum Gasteiger partial charge on any atom is -0.505 e. The predicted molar refractivity (Wildman–Crippen MR) is 137 cm³/mol. The molecule has 0 radical (unpaired) electrons. The molecular weight excluding hydrogens is 454 g/mol. The predicted octanol–water partition coefficient (Wildman–Crippen LogP) is 4.62. The van der Waals surface area contributed by atoms with Gasteiger partial charge in [-0.1, -0.05) is 48.5 Å². The number of imidazole rings is 1. The van der Waals surface area contributed by atoms with Gasteiger partial charge in [-0.15, -0.1) is 0 Å². The Morgan fingerprint density at radius 3 is 2.39 bits per heavy atom. The smallest absolute Gasteiger partial charge is 0.295 e. The summed E-state index contributed by atoms with van der Waals surface area (Å²) in [6, 6.07) is 20.1. The fourth-order valence-corrected chi connectivity index (χ4v) is 4.81. The first-order valence-corrected chi connectivity index (χ1v) is 11.8. The largest absolute Gasteiger partial charge is 0.505 e. The number of carbonyl (C=O) groups is 2. The van der Waals surface area contributed by atoms with E-state index < -0.39 is 17.7 Å². The van der Waals surface area contributed by atoms with Gasteiger partial charge in [0.25, 0.3) is 11.7 Å². The molecule has 182 valence electrons. The molecule has 1 N–H and O–H groups in total. The second kappa shape index (κ2) is 9.34. The maximum absolute atomic E-state index is 13.4. The molecule has 0 spiro atoms. The lowest BCUT2D eigenvalue weighted by Crippen LogP contribution is -2.31. The second-order valence-corrected chi connectivity index (χ2v) is 8.93.